The first-order valence-electron chi connectivity index (χ1n) is 8.35. The second-order valence-corrected chi connectivity index (χ2v) is 9.53. The van der Waals surface area contributed by atoms with Crippen LogP contribution in [0.2, 0.25) is 0 Å². The van der Waals surface area contributed by atoms with E-state index in [2.05, 4.69) is 20.8 Å². The maximum absolute atomic E-state index is 12.4. The summed E-state index contributed by atoms with van der Waals surface area (Å²) < 4.78 is 28.8. The molecule has 1 aromatic rings. The third-order valence-corrected chi connectivity index (χ3v) is 6.14. The van der Waals surface area contributed by atoms with Gasteiger partial charge in [0.1, 0.15) is 5.75 Å². The van der Waals surface area contributed by atoms with Crippen molar-refractivity contribution in [1.29, 1.82) is 0 Å². The normalized spacial score (nSPS) is 19.9. The van der Waals surface area contributed by atoms with Gasteiger partial charge in [0.15, 0.2) is 16.4 Å². The Morgan fingerprint density at radius 2 is 1.88 bits per heavy atom. The molecule has 0 unspecified atom stereocenters. The molecule has 0 bridgehead atoms. The molecule has 0 N–H and O–H groups in total. The van der Waals surface area contributed by atoms with Gasteiger partial charge in [0.05, 0.1) is 11.5 Å². The summed E-state index contributed by atoms with van der Waals surface area (Å²) in [5, 5.41) is 0. The molecule has 1 atom stereocenters. The first-order valence-corrected chi connectivity index (χ1v) is 10.2. The number of amides is 1. The van der Waals surface area contributed by atoms with Gasteiger partial charge in [-0.3, -0.25) is 4.79 Å². The number of benzene rings is 1. The molecule has 2 rings (SSSR count). The lowest BCUT2D eigenvalue weighted by atomic mass is 9.87. The van der Waals surface area contributed by atoms with E-state index >= 15 is 0 Å². The maximum atomic E-state index is 12.4. The molecule has 1 aromatic carbocycles. The Labute approximate surface area is 144 Å². The third-order valence-electron chi connectivity index (χ3n) is 4.39. The number of hydrogen-bond acceptors (Lipinski definition) is 4. The molecule has 1 fully saturated rings. The summed E-state index contributed by atoms with van der Waals surface area (Å²) in [7, 11) is -3.00. The van der Waals surface area contributed by atoms with E-state index in [-0.39, 0.29) is 35.5 Å². The molecule has 0 spiro atoms. The van der Waals surface area contributed by atoms with Crippen molar-refractivity contribution in [2.45, 2.75) is 45.6 Å². The fourth-order valence-electron chi connectivity index (χ4n) is 2.94. The van der Waals surface area contributed by atoms with Gasteiger partial charge in [-0.25, -0.2) is 8.42 Å². The van der Waals surface area contributed by atoms with Gasteiger partial charge in [0, 0.05) is 12.6 Å². The highest BCUT2D eigenvalue weighted by Gasteiger charge is 2.33. The first-order chi connectivity index (χ1) is 11.1. The molecule has 0 saturated carbocycles. The Hall–Kier alpha value is -1.56. The number of rotatable bonds is 5. The molecule has 1 aliphatic heterocycles. The van der Waals surface area contributed by atoms with Crippen LogP contribution in [0.4, 0.5) is 0 Å². The van der Waals surface area contributed by atoms with Crippen molar-refractivity contribution >= 4 is 15.7 Å². The van der Waals surface area contributed by atoms with Gasteiger partial charge in [-0.2, -0.15) is 0 Å². The van der Waals surface area contributed by atoms with Crippen molar-refractivity contribution in [2.24, 2.45) is 0 Å². The van der Waals surface area contributed by atoms with E-state index in [1.807, 2.05) is 31.2 Å². The van der Waals surface area contributed by atoms with Crippen LogP contribution in [0.1, 0.15) is 39.7 Å². The summed E-state index contributed by atoms with van der Waals surface area (Å²) in [6, 6.07) is 7.51. The van der Waals surface area contributed by atoms with Crippen LogP contribution in [0.15, 0.2) is 24.3 Å². The topological polar surface area (TPSA) is 63.7 Å². The van der Waals surface area contributed by atoms with Gasteiger partial charge in [0.25, 0.3) is 5.91 Å². The monoisotopic (exact) mass is 353 g/mol. The third kappa shape index (κ3) is 4.72. The van der Waals surface area contributed by atoms with Crippen LogP contribution in [0.25, 0.3) is 0 Å². The molecule has 6 heteroatoms. The number of ether oxygens (including phenoxy) is 1. The van der Waals surface area contributed by atoms with Crippen molar-refractivity contribution < 1.29 is 17.9 Å². The van der Waals surface area contributed by atoms with Crippen molar-refractivity contribution in [1.82, 2.24) is 4.90 Å². The molecule has 5 nitrogen and oxygen atoms in total. The van der Waals surface area contributed by atoms with Crippen LogP contribution < -0.4 is 4.74 Å². The SMILES string of the molecule is CCN(C(=O)COc1ccc(C(C)(C)C)cc1)[C@H]1CCS(=O)(=O)C1. The Kier molecular flexibility index (Phi) is 5.58. The second kappa shape index (κ2) is 7.13. The summed E-state index contributed by atoms with van der Waals surface area (Å²) in [4.78, 5) is 14.0. The molecule has 0 aromatic heterocycles. The molecular formula is C18H27NO4S. The number of likely N-dealkylation sites (N-methyl/N-ethyl adjacent to an activating group) is 1. The van der Waals surface area contributed by atoms with E-state index in [4.69, 9.17) is 4.74 Å². The maximum Gasteiger partial charge on any atom is 0.260 e. The van der Waals surface area contributed by atoms with E-state index in [0.717, 1.165) is 0 Å². The lowest BCUT2D eigenvalue weighted by Crippen LogP contribution is -2.43. The molecule has 0 radical (unpaired) electrons. The molecule has 24 heavy (non-hydrogen) atoms. The average Bonchev–Trinajstić information content (AvgIpc) is 2.85. The summed E-state index contributed by atoms with van der Waals surface area (Å²) in [6.45, 7) is 8.70. The zero-order valence-corrected chi connectivity index (χ0v) is 15.7. The van der Waals surface area contributed by atoms with Crippen LogP contribution >= 0.6 is 0 Å². The van der Waals surface area contributed by atoms with E-state index < -0.39 is 9.84 Å². The Bertz CT molecular complexity index is 674. The minimum absolute atomic E-state index is 0.0624. The van der Waals surface area contributed by atoms with Gasteiger partial charge in [-0.05, 0) is 36.5 Å². The molecule has 1 aliphatic rings. The lowest BCUT2D eigenvalue weighted by molar-refractivity contribution is -0.135. The molecular weight excluding hydrogens is 326 g/mol. The van der Waals surface area contributed by atoms with Crippen molar-refractivity contribution in [3.05, 3.63) is 29.8 Å². The van der Waals surface area contributed by atoms with Gasteiger partial charge >= 0.3 is 0 Å². The summed E-state index contributed by atoms with van der Waals surface area (Å²) in [6.07, 6.45) is 0.516. The van der Waals surface area contributed by atoms with E-state index in [0.29, 0.717) is 18.7 Å². The predicted octanol–water partition coefficient (Wildman–Crippen LogP) is 2.40. The van der Waals surface area contributed by atoms with E-state index in [1.165, 1.54) is 5.56 Å². The summed E-state index contributed by atoms with van der Waals surface area (Å²) in [5.74, 6) is 0.703. The molecule has 134 valence electrons. The first kappa shape index (κ1) is 18.8. The zero-order valence-electron chi connectivity index (χ0n) is 14.9. The average molecular weight is 353 g/mol. The van der Waals surface area contributed by atoms with Crippen LogP contribution in [0, 0.1) is 0 Å². The number of carbonyl (C=O) groups is 1. The van der Waals surface area contributed by atoms with Crippen molar-refractivity contribution in [3.8, 4) is 5.75 Å². The van der Waals surface area contributed by atoms with Gasteiger partial charge in [-0.1, -0.05) is 32.9 Å². The summed E-state index contributed by atoms with van der Waals surface area (Å²) >= 11 is 0. The fourth-order valence-corrected chi connectivity index (χ4v) is 4.67. The Morgan fingerprint density at radius 1 is 1.25 bits per heavy atom. The molecule has 1 amide bonds. The highest BCUT2D eigenvalue weighted by Crippen LogP contribution is 2.24. The number of sulfone groups is 1. The number of hydrogen-bond donors (Lipinski definition) is 0. The Morgan fingerprint density at radius 3 is 2.33 bits per heavy atom. The standard InChI is InChI=1S/C18H27NO4S/c1-5-19(15-10-11-24(21,22)13-15)17(20)12-23-16-8-6-14(7-9-16)18(2,3)4/h6-9,15H,5,10-13H2,1-4H3/t15-/m0/s1. The van der Waals surface area contributed by atoms with Crippen LogP contribution in [0.5, 0.6) is 5.75 Å². The second-order valence-electron chi connectivity index (χ2n) is 7.30. The Balaban J connectivity index is 1.94. The highest BCUT2D eigenvalue weighted by atomic mass is 32.2. The zero-order chi connectivity index (χ0) is 18.0. The molecule has 1 heterocycles. The minimum atomic E-state index is -3.00. The van der Waals surface area contributed by atoms with Crippen LogP contribution in [-0.2, 0) is 20.0 Å². The largest absolute Gasteiger partial charge is 0.484 e. The van der Waals surface area contributed by atoms with Crippen molar-refractivity contribution in [3.63, 3.8) is 0 Å². The minimum Gasteiger partial charge on any atom is -0.484 e. The smallest absolute Gasteiger partial charge is 0.260 e. The summed E-state index contributed by atoms with van der Waals surface area (Å²) in [5.41, 5.74) is 1.27. The quantitative estimate of drug-likeness (QED) is 0.815. The number of carbonyl (C=O) groups excluding carboxylic acids is 1. The van der Waals surface area contributed by atoms with Gasteiger partial charge < -0.3 is 9.64 Å². The van der Waals surface area contributed by atoms with E-state index in [9.17, 15) is 13.2 Å². The highest BCUT2D eigenvalue weighted by molar-refractivity contribution is 7.91. The fraction of sp³-hybridized carbons (Fsp3) is 0.611. The van der Waals surface area contributed by atoms with Gasteiger partial charge in [-0.15, -0.1) is 0 Å². The van der Waals surface area contributed by atoms with Crippen LogP contribution in [0.3, 0.4) is 0 Å². The van der Waals surface area contributed by atoms with E-state index in [1.54, 1.807) is 4.90 Å². The predicted molar refractivity (Wildman–Crippen MR) is 95.1 cm³/mol. The number of nitrogens with zero attached hydrogens (tertiary/aromatic N) is 1. The van der Waals surface area contributed by atoms with Gasteiger partial charge in [0.2, 0.25) is 0 Å². The van der Waals surface area contributed by atoms with Crippen molar-refractivity contribution in [2.75, 3.05) is 24.7 Å². The molecule has 1 saturated heterocycles. The lowest BCUT2D eigenvalue weighted by Gasteiger charge is -2.26. The molecule has 0 aliphatic carbocycles. The van der Waals surface area contributed by atoms with Crippen LogP contribution in [-0.4, -0.2) is 49.9 Å².